The van der Waals surface area contributed by atoms with Crippen LogP contribution in [0.1, 0.15) is 30.9 Å². The molecule has 0 bridgehead atoms. The molecule has 0 saturated carbocycles. The van der Waals surface area contributed by atoms with Gasteiger partial charge in [0.05, 0.1) is 13.2 Å². The summed E-state index contributed by atoms with van der Waals surface area (Å²) in [5.74, 6) is 0.239. The van der Waals surface area contributed by atoms with Crippen molar-refractivity contribution >= 4 is 30.5 Å². The molecule has 6 nitrogen and oxygen atoms in total. The van der Waals surface area contributed by atoms with E-state index in [1.54, 1.807) is 38.1 Å². The molecule has 0 aliphatic carbocycles. The molecule has 0 unspecified atom stereocenters. The van der Waals surface area contributed by atoms with Crippen molar-refractivity contribution in [2.75, 3.05) is 18.5 Å². The zero-order valence-electron chi connectivity index (χ0n) is 16.7. The quantitative estimate of drug-likeness (QED) is 0.406. The van der Waals surface area contributed by atoms with Gasteiger partial charge >= 0.3 is 7.60 Å². The molecule has 0 amide bonds. The van der Waals surface area contributed by atoms with Gasteiger partial charge in [-0.3, -0.25) is 4.57 Å². The van der Waals surface area contributed by atoms with Gasteiger partial charge in [-0.1, -0.05) is 35.9 Å². The number of rotatable bonds is 10. The Hall–Kier alpha value is -2.18. The summed E-state index contributed by atoms with van der Waals surface area (Å²) in [5.41, 5.74) is 1.85. The van der Waals surface area contributed by atoms with Gasteiger partial charge in [0.2, 0.25) is 17.2 Å². The van der Waals surface area contributed by atoms with Gasteiger partial charge in [0.15, 0.2) is 0 Å². The highest BCUT2D eigenvalue weighted by Gasteiger charge is 2.35. The van der Waals surface area contributed by atoms with Crippen LogP contribution in [0.5, 0.6) is 0 Å². The summed E-state index contributed by atoms with van der Waals surface area (Å²) >= 11 is 5.94. The maximum atomic E-state index is 13.3. The van der Waals surface area contributed by atoms with Crippen molar-refractivity contribution < 1.29 is 22.4 Å². The molecule has 0 radical (unpaired) electrons. The zero-order valence-corrected chi connectivity index (χ0v) is 18.4. The monoisotopic (exact) mass is 452 g/mol. The van der Waals surface area contributed by atoms with Gasteiger partial charge in [-0.15, -0.1) is 0 Å². The highest BCUT2D eigenvalue weighted by atomic mass is 35.5. The fraction of sp³-hybridized carbons (Fsp3) is 0.286. The molecular formula is C21H23ClFN2O4P. The number of aromatic nitrogens is 1. The Morgan fingerprint density at radius 1 is 1.03 bits per heavy atom. The molecule has 2 aromatic carbocycles. The Morgan fingerprint density at radius 2 is 1.63 bits per heavy atom. The number of hydrogen-bond acceptors (Lipinski definition) is 6. The molecule has 160 valence electrons. The molecule has 3 rings (SSSR count). The Kier molecular flexibility index (Phi) is 7.67. The van der Waals surface area contributed by atoms with Gasteiger partial charge in [-0.2, -0.15) is 0 Å². The lowest BCUT2D eigenvalue weighted by atomic mass is 10.1. The molecular weight excluding hydrogens is 430 g/mol. The highest BCUT2D eigenvalue weighted by Crippen LogP contribution is 2.48. The van der Waals surface area contributed by atoms with Crippen LogP contribution in [-0.2, 0) is 26.6 Å². The summed E-state index contributed by atoms with van der Waals surface area (Å²) in [5, 5.41) is 3.71. The lowest BCUT2D eigenvalue weighted by Gasteiger charge is -2.15. The predicted octanol–water partition coefficient (Wildman–Crippen LogP) is 5.56. The standard InChI is InChI=1S/C21H23ClFN2O4P/c1-3-27-30(26,28-4-2)21-20(24-14-16-7-11-18(23)12-8-16)29-19(25-21)13-15-5-9-17(22)10-6-15/h5-12,24H,3-4,13-14H2,1-2H3. The summed E-state index contributed by atoms with van der Waals surface area (Å²) in [6.07, 6.45) is 0.376. The largest absolute Gasteiger partial charge is 0.424 e. The number of nitrogens with one attached hydrogen (secondary N) is 1. The lowest BCUT2D eigenvalue weighted by molar-refractivity contribution is 0.229. The van der Waals surface area contributed by atoms with Crippen LogP contribution >= 0.6 is 19.2 Å². The number of hydrogen-bond donors (Lipinski definition) is 1. The molecule has 0 aliphatic heterocycles. The van der Waals surface area contributed by atoms with Gasteiger partial charge < -0.3 is 18.8 Å². The summed E-state index contributed by atoms with van der Waals surface area (Å²) in [4.78, 5) is 4.43. The van der Waals surface area contributed by atoms with Crippen molar-refractivity contribution in [3.8, 4) is 0 Å². The van der Waals surface area contributed by atoms with Crippen molar-refractivity contribution in [2.45, 2.75) is 26.8 Å². The van der Waals surface area contributed by atoms with Crippen molar-refractivity contribution in [1.29, 1.82) is 0 Å². The van der Waals surface area contributed by atoms with E-state index in [1.165, 1.54) is 12.1 Å². The minimum absolute atomic E-state index is 0.0947. The average Bonchev–Trinajstić information content (AvgIpc) is 3.13. The topological polar surface area (TPSA) is 73.6 Å². The van der Waals surface area contributed by atoms with Gasteiger partial charge in [-0.05, 0) is 49.2 Å². The average molecular weight is 453 g/mol. The van der Waals surface area contributed by atoms with E-state index in [0.29, 0.717) is 23.9 Å². The van der Waals surface area contributed by atoms with Crippen molar-refractivity contribution in [2.24, 2.45) is 0 Å². The first-order valence-electron chi connectivity index (χ1n) is 9.55. The first-order valence-corrected chi connectivity index (χ1v) is 11.5. The summed E-state index contributed by atoms with van der Waals surface area (Å²) in [6, 6.07) is 13.3. The minimum Gasteiger partial charge on any atom is -0.424 e. The molecule has 0 aliphatic rings. The number of benzene rings is 2. The van der Waals surface area contributed by atoms with Gasteiger partial charge in [-0.25, -0.2) is 9.37 Å². The Morgan fingerprint density at radius 3 is 2.23 bits per heavy atom. The van der Waals surface area contributed by atoms with E-state index in [4.69, 9.17) is 25.1 Å². The number of halogens is 2. The first kappa shape index (κ1) is 22.5. The van der Waals surface area contributed by atoms with Crippen LogP contribution < -0.4 is 10.8 Å². The van der Waals surface area contributed by atoms with Crippen molar-refractivity contribution in [3.05, 3.63) is 76.4 Å². The van der Waals surface area contributed by atoms with E-state index in [0.717, 1.165) is 11.1 Å². The van der Waals surface area contributed by atoms with Gasteiger partial charge in [0.1, 0.15) is 5.82 Å². The fourth-order valence-electron chi connectivity index (χ4n) is 2.79. The van der Waals surface area contributed by atoms with Crippen LogP contribution in [0, 0.1) is 5.82 Å². The van der Waals surface area contributed by atoms with Crippen molar-refractivity contribution in [1.82, 2.24) is 4.98 Å². The maximum Gasteiger partial charge on any atom is 0.385 e. The summed E-state index contributed by atoms with van der Waals surface area (Å²) in [6.45, 7) is 4.15. The van der Waals surface area contributed by atoms with E-state index in [2.05, 4.69) is 10.3 Å². The molecule has 30 heavy (non-hydrogen) atoms. The number of oxazole rings is 1. The second-order valence-electron chi connectivity index (χ2n) is 6.38. The Labute approximate surface area is 179 Å². The van der Waals surface area contributed by atoms with Crippen LogP contribution in [-0.4, -0.2) is 18.2 Å². The molecule has 0 spiro atoms. The molecule has 0 atom stereocenters. The van der Waals surface area contributed by atoms with Gasteiger partial charge in [0, 0.05) is 18.0 Å². The van der Waals surface area contributed by atoms with Crippen LogP contribution in [0.25, 0.3) is 0 Å². The normalized spacial score (nSPS) is 11.6. The minimum atomic E-state index is -3.68. The molecule has 3 aromatic rings. The van der Waals surface area contributed by atoms with Crippen LogP contribution in [0.4, 0.5) is 10.3 Å². The molecule has 1 N–H and O–H groups in total. The van der Waals surface area contributed by atoms with Gasteiger partial charge in [0.25, 0.3) is 0 Å². The third-order valence-corrected chi connectivity index (χ3v) is 6.42. The maximum absolute atomic E-state index is 13.3. The van der Waals surface area contributed by atoms with E-state index < -0.39 is 7.60 Å². The molecule has 1 aromatic heterocycles. The summed E-state index contributed by atoms with van der Waals surface area (Å²) < 4.78 is 43.2. The third kappa shape index (κ3) is 5.70. The SMILES string of the molecule is CCOP(=O)(OCC)c1nc(Cc2ccc(Cl)cc2)oc1NCc1ccc(F)cc1. The predicted molar refractivity (Wildman–Crippen MR) is 115 cm³/mol. The second-order valence-corrected chi connectivity index (χ2v) is 8.75. The van der Waals surface area contributed by atoms with E-state index in [1.807, 2.05) is 12.1 Å². The lowest BCUT2D eigenvalue weighted by Crippen LogP contribution is -2.16. The van der Waals surface area contributed by atoms with Crippen LogP contribution in [0.2, 0.25) is 5.02 Å². The van der Waals surface area contributed by atoms with Crippen LogP contribution in [0.15, 0.2) is 52.9 Å². The molecule has 1 heterocycles. The zero-order chi connectivity index (χ0) is 21.6. The van der Waals surface area contributed by atoms with E-state index in [-0.39, 0.29) is 30.4 Å². The van der Waals surface area contributed by atoms with E-state index in [9.17, 15) is 8.96 Å². The fourth-order valence-corrected chi connectivity index (χ4v) is 4.52. The molecule has 0 fully saturated rings. The molecule has 9 heteroatoms. The molecule has 0 saturated heterocycles. The number of anilines is 1. The van der Waals surface area contributed by atoms with Crippen molar-refractivity contribution in [3.63, 3.8) is 0 Å². The smallest absolute Gasteiger partial charge is 0.385 e. The summed E-state index contributed by atoms with van der Waals surface area (Å²) in [7, 11) is -3.68. The first-order chi connectivity index (χ1) is 14.4. The Bertz CT molecular complexity index is 999. The third-order valence-electron chi connectivity index (χ3n) is 4.15. The second kappa shape index (κ2) is 10.2. The highest BCUT2D eigenvalue weighted by molar-refractivity contribution is 7.62. The van der Waals surface area contributed by atoms with Crippen LogP contribution in [0.3, 0.4) is 0 Å². The Balaban J connectivity index is 1.90. The number of nitrogens with zero attached hydrogens (tertiary/aromatic N) is 1. The van der Waals surface area contributed by atoms with E-state index >= 15 is 0 Å².